The van der Waals surface area contributed by atoms with Crippen LogP contribution < -0.4 is 5.32 Å². The van der Waals surface area contributed by atoms with Gasteiger partial charge in [0.1, 0.15) is 0 Å². The fourth-order valence-corrected chi connectivity index (χ4v) is 3.81. The highest BCUT2D eigenvalue weighted by atomic mass is 16.2. The molecule has 0 bridgehead atoms. The van der Waals surface area contributed by atoms with Crippen molar-refractivity contribution in [2.24, 2.45) is 0 Å². The molecule has 2 atom stereocenters. The first-order valence-corrected chi connectivity index (χ1v) is 8.11. The van der Waals surface area contributed by atoms with E-state index in [2.05, 4.69) is 15.1 Å². The van der Waals surface area contributed by atoms with Crippen molar-refractivity contribution in [3.05, 3.63) is 0 Å². The fraction of sp³-hybridized carbons (Fsp3) is 0.933. The van der Waals surface area contributed by atoms with Crippen LogP contribution in [0.1, 0.15) is 44.9 Å². The Morgan fingerprint density at radius 2 is 1.79 bits per heavy atom. The topological polar surface area (TPSA) is 35.6 Å². The minimum atomic E-state index is 0.105. The summed E-state index contributed by atoms with van der Waals surface area (Å²) in [6, 6.07) is 0.738. The summed E-state index contributed by atoms with van der Waals surface area (Å²) >= 11 is 0. The van der Waals surface area contributed by atoms with Crippen LogP contribution in [0.4, 0.5) is 0 Å². The van der Waals surface area contributed by atoms with E-state index in [1.807, 2.05) is 0 Å². The summed E-state index contributed by atoms with van der Waals surface area (Å²) in [6.07, 6.45) is 8.70. The molecule has 1 amide bonds. The van der Waals surface area contributed by atoms with E-state index in [0.29, 0.717) is 11.9 Å². The number of piperidine rings is 2. The van der Waals surface area contributed by atoms with Crippen molar-refractivity contribution in [1.29, 1.82) is 0 Å². The predicted molar refractivity (Wildman–Crippen MR) is 76.1 cm³/mol. The number of carbonyl (C=O) groups is 1. The van der Waals surface area contributed by atoms with Crippen molar-refractivity contribution in [2.75, 3.05) is 32.7 Å². The molecule has 0 aromatic carbocycles. The van der Waals surface area contributed by atoms with Crippen LogP contribution in [0, 0.1) is 0 Å². The summed E-state index contributed by atoms with van der Waals surface area (Å²) in [7, 11) is 0. The Labute approximate surface area is 116 Å². The van der Waals surface area contributed by atoms with Crippen LogP contribution in [0.15, 0.2) is 0 Å². The van der Waals surface area contributed by atoms with Crippen LogP contribution in [-0.4, -0.2) is 60.5 Å². The van der Waals surface area contributed by atoms with Gasteiger partial charge in [0.15, 0.2) is 0 Å². The van der Waals surface area contributed by atoms with Crippen molar-refractivity contribution in [2.45, 2.75) is 57.0 Å². The number of amides is 1. The maximum Gasteiger partial charge on any atom is 0.239 e. The van der Waals surface area contributed by atoms with Crippen molar-refractivity contribution < 1.29 is 4.79 Å². The van der Waals surface area contributed by atoms with Crippen LogP contribution in [-0.2, 0) is 4.79 Å². The molecule has 3 aliphatic heterocycles. The van der Waals surface area contributed by atoms with Gasteiger partial charge < -0.3 is 10.2 Å². The normalized spacial score (nSPS) is 33.6. The SMILES string of the molecule is O=C([C@H]1CCCCN1)N1CCC(N2CCCCC2)C1. The molecule has 3 fully saturated rings. The lowest BCUT2D eigenvalue weighted by Gasteiger charge is -2.32. The van der Waals surface area contributed by atoms with E-state index in [-0.39, 0.29) is 6.04 Å². The Balaban J connectivity index is 1.51. The number of likely N-dealkylation sites (tertiary alicyclic amines) is 2. The number of rotatable bonds is 2. The summed E-state index contributed by atoms with van der Waals surface area (Å²) in [4.78, 5) is 17.2. The maximum absolute atomic E-state index is 12.5. The van der Waals surface area contributed by atoms with Gasteiger partial charge in [0.2, 0.25) is 5.91 Å². The van der Waals surface area contributed by atoms with E-state index < -0.39 is 0 Å². The van der Waals surface area contributed by atoms with Crippen LogP contribution in [0.5, 0.6) is 0 Å². The molecule has 4 heteroatoms. The first kappa shape index (κ1) is 13.4. The van der Waals surface area contributed by atoms with Crippen LogP contribution in [0.25, 0.3) is 0 Å². The van der Waals surface area contributed by atoms with Gasteiger partial charge in [0.05, 0.1) is 6.04 Å². The van der Waals surface area contributed by atoms with Crippen LogP contribution in [0.3, 0.4) is 0 Å². The highest BCUT2D eigenvalue weighted by Gasteiger charge is 2.34. The average molecular weight is 265 g/mol. The third kappa shape index (κ3) is 3.11. The molecule has 3 saturated heterocycles. The van der Waals surface area contributed by atoms with E-state index in [4.69, 9.17) is 0 Å². The summed E-state index contributed by atoms with van der Waals surface area (Å²) in [5.74, 6) is 0.360. The molecule has 0 aromatic heterocycles. The zero-order chi connectivity index (χ0) is 13.1. The standard InChI is InChI=1S/C15H27N3O/c19-15(14-6-2-3-8-16-14)18-11-7-13(12-18)17-9-4-1-5-10-17/h13-14,16H,1-12H2/t13?,14-/m1/s1. The molecule has 3 heterocycles. The van der Waals surface area contributed by atoms with Crippen molar-refractivity contribution in [3.8, 4) is 0 Å². The monoisotopic (exact) mass is 265 g/mol. The van der Waals surface area contributed by atoms with Gasteiger partial charge >= 0.3 is 0 Å². The Morgan fingerprint density at radius 1 is 0.947 bits per heavy atom. The third-order valence-corrected chi connectivity index (χ3v) is 4.99. The average Bonchev–Trinajstić information content (AvgIpc) is 2.98. The van der Waals surface area contributed by atoms with Gasteiger partial charge in [0.25, 0.3) is 0 Å². The summed E-state index contributed by atoms with van der Waals surface area (Å²) in [5, 5.41) is 3.39. The zero-order valence-corrected chi connectivity index (χ0v) is 11.9. The van der Waals surface area contributed by atoms with Crippen molar-refractivity contribution in [3.63, 3.8) is 0 Å². The minimum absolute atomic E-state index is 0.105. The highest BCUT2D eigenvalue weighted by Crippen LogP contribution is 2.21. The molecule has 0 aromatic rings. The Hall–Kier alpha value is -0.610. The smallest absolute Gasteiger partial charge is 0.239 e. The molecule has 3 rings (SSSR count). The lowest BCUT2D eigenvalue weighted by Crippen LogP contribution is -2.49. The largest absolute Gasteiger partial charge is 0.340 e. The van der Waals surface area contributed by atoms with E-state index in [1.54, 1.807) is 0 Å². The molecule has 4 nitrogen and oxygen atoms in total. The number of carbonyl (C=O) groups excluding carboxylic acids is 1. The second-order valence-electron chi connectivity index (χ2n) is 6.33. The third-order valence-electron chi connectivity index (χ3n) is 4.99. The minimum Gasteiger partial charge on any atom is -0.340 e. The van der Waals surface area contributed by atoms with E-state index in [1.165, 1.54) is 51.6 Å². The summed E-state index contributed by atoms with van der Waals surface area (Å²) in [5.41, 5.74) is 0. The molecule has 0 saturated carbocycles. The molecular weight excluding hydrogens is 238 g/mol. The number of nitrogens with one attached hydrogen (secondary N) is 1. The molecule has 3 aliphatic rings. The van der Waals surface area contributed by atoms with Crippen molar-refractivity contribution >= 4 is 5.91 Å². The zero-order valence-electron chi connectivity index (χ0n) is 11.9. The molecule has 1 N–H and O–H groups in total. The fourth-order valence-electron chi connectivity index (χ4n) is 3.81. The van der Waals surface area contributed by atoms with Crippen LogP contribution in [0.2, 0.25) is 0 Å². The van der Waals surface area contributed by atoms with Gasteiger partial charge in [0, 0.05) is 19.1 Å². The molecule has 0 spiro atoms. The van der Waals surface area contributed by atoms with Crippen LogP contribution >= 0.6 is 0 Å². The van der Waals surface area contributed by atoms with Gasteiger partial charge in [-0.1, -0.05) is 12.8 Å². The number of hydrogen-bond donors (Lipinski definition) is 1. The molecule has 0 aliphatic carbocycles. The Morgan fingerprint density at radius 3 is 2.53 bits per heavy atom. The molecule has 19 heavy (non-hydrogen) atoms. The van der Waals surface area contributed by atoms with E-state index in [9.17, 15) is 4.79 Å². The summed E-state index contributed by atoms with van der Waals surface area (Å²) in [6.45, 7) is 5.44. The quantitative estimate of drug-likeness (QED) is 0.815. The van der Waals surface area contributed by atoms with Crippen molar-refractivity contribution in [1.82, 2.24) is 15.1 Å². The van der Waals surface area contributed by atoms with Gasteiger partial charge in [-0.3, -0.25) is 9.69 Å². The number of hydrogen-bond acceptors (Lipinski definition) is 3. The van der Waals surface area contributed by atoms with Gasteiger partial charge in [-0.2, -0.15) is 0 Å². The molecular formula is C15H27N3O. The van der Waals surface area contributed by atoms with Gasteiger partial charge in [-0.05, 0) is 51.7 Å². The first-order valence-electron chi connectivity index (χ1n) is 8.11. The number of nitrogens with zero attached hydrogens (tertiary/aromatic N) is 2. The second-order valence-corrected chi connectivity index (χ2v) is 6.33. The van der Waals surface area contributed by atoms with E-state index in [0.717, 1.165) is 26.1 Å². The molecule has 1 unspecified atom stereocenters. The first-order chi connectivity index (χ1) is 9.34. The van der Waals surface area contributed by atoms with Gasteiger partial charge in [-0.15, -0.1) is 0 Å². The second kappa shape index (κ2) is 6.23. The Kier molecular flexibility index (Phi) is 4.38. The molecule has 108 valence electrons. The lowest BCUT2D eigenvalue weighted by atomic mass is 10.0. The van der Waals surface area contributed by atoms with Gasteiger partial charge in [-0.25, -0.2) is 0 Å². The predicted octanol–water partition coefficient (Wildman–Crippen LogP) is 1.22. The summed E-state index contributed by atoms with van der Waals surface area (Å²) < 4.78 is 0. The Bertz CT molecular complexity index is 309. The molecule has 0 radical (unpaired) electrons. The highest BCUT2D eigenvalue weighted by molar-refractivity contribution is 5.82. The lowest BCUT2D eigenvalue weighted by molar-refractivity contribution is -0.133. The van der Waals surface area contributed by atoms with E-state index >= 15 is 0 Å². The maximum atomic E-state index is 12.5.